The Morgan fingerprint density at radius 2 is 1.93 bits per heavy atom. The van der Waals surface area contributed by atoms with E-state index in [-0.39, 0.29) is 16.7 Å². The van der Waals surface area contributed by atoms with Crippen LogP contribution in [0, 0.1) is 18.6 Å². The van der Waals surface area contributed by atoms with E-state index in [2.05, 4.69) is 15.0 Å². The van der Waals surface area contributed by atoms with Crippen molar-refractivity contribution in [2.75, 3.05) is 18.2 Å². The zero-order valence-corrected chi connectivity index (χ0v) is 15.4. The summed E-state index contributed by atoms with van der Waals surface area (Å²) in [6.07, 6.45) is 1.63. The van der Waals surface area contributed by atoms with Gasteiger partial charge in [-0.1, -0.05) is 24.3 Å². The molecule has 0 aliphatic heterocycles. The Morgan fingerprint density at radius 1 is 1.14 bits per heavy atom. The number of carbonyl (C=O) groups excluding carboxylic acids is 1. The molecule has 0 saturated heterocycles. The molecule has 0 spiro atoms. The molecule has 3 aromatic rings. The van der Waals surface area contributed by atoms with Crippen LogP contribution in [0.3, 0.4) is 0 Å². The van der Waals surface area contributed by atoms with E-state index in [0.717, 1.165) is 18.7 Å². The minimum absolute atomic E-state index is 0.108. The average Bonchev–Trinajstić information content (AvgIpc) is 2.68. The van der Waals surface area contributed by atoms with Crippen molar-refractivity contribution in [2.24, 2.45) is 0 Å². The topological polar surface area (TPSA) is 77.2 Å². The number of benzene rings is 2. The maximum atomic E-state index is 14.7. The van der Waals surface area contributed by atoms with E-state index in [0.29, 0.717) is 23.6 Å². The van der Waals surface area contributed by atoms with Crippen molar-refractivity contribution < 1.29 is 18.3 Å². The number of anilines is 2. The van der Waals surface area contributed by atoms with E-state index in [9.17, 15) is 13.6 Å². The largest absolute Gasteiger partial charge is 0.465 e. The van der Waals surface area contributed by atoms with Gasteiger partial charge in [-0.15, -0.1) is 0 Å². The molecular formula is C21H19F2N3O2. The molecule has 0 aliphatic carbocycles. The van der Waals surface area contributed by atoms with Crippen LogP contribution in [-0.2, 0) is 11.3 Å². The number of aromatic nitrogens is 1. The number of halogens is 2. The molecule has 1 aromatic heterocycles. The number of rotatable bonds is 5. The third kappa shape index (κ3) is 3.78. The van der Waals surface area contributed by atoms with Crippen LogP contribution in [-0.4, -0.2) is 18.1 Å². The predicted molar refractivity (Wildman–Crippen MR) is 104 cm³/mol. The summed E-state index contributed by atoms with van der Waals surface area (Å²) < 4.78 is 33.5. The van der Waals surface area contributed by atoms with E-state index in [1.54, 1.807) is 18.3 Å². The van der Waals surface area contributed by atoms with Gasteiger partial charge in [0.1, 0.15) is 23.0 Å². The highest BCUT2D eigenvalue weighted by Crippen LogP contribution is 2.29. The fraction of sp³-hybridized carbons (Fsp3) is 0.143. The molecule has 28 heavy (non-hydrogen) atoms. The molecule has 2 aromatic carbocycles. The van der Waals surface area contributed by atoms with Gasteiger partial charge in [0.15, 0.2) is 0 Å². The van der Waals surface area contributed by atoms with E-state index in [4.69, 9.17) is 5.73 Å². The van der Waals surface area contributed by atoms with Crippen molar-refractivity contribution in [3.63, 3.8) is 0 Å². The molecule has 5 nitrogen and oxygen atoms in total. The van der Waals surface area contributed by atoms with Crippen LogP contribution < -0.4 is 11.1 Å². The summed E-state index contributed by atoms with van der Waals surface area (Å²) >= 11 is 0. The number of methoxy groups -OCH3 is 1. The Bertz CT molecular complexity index is 1040. The number of esters is 1. The maximum absolute atomic E-state index is 14.7. The van der Waals surface area contributed by atoms with Gasteiger partial charge >= 0.3 is 5.97 Å². The monoisotopic (exact) mass is 383 g/mol. The quantitative estimate of drug-likeness (QED) is 0.642. The summed E-state index contributed by atoms with van der Waals surface area (Å²) in [5.74, 6) is -1.70. The molecule has 0 amide bonds. The number of ether oxygens (including phenoxy) is 1. The first-order valence-corrected chi connectivity index (χ1v) is 8.53. The van der Waals surface area contributed by atoms with E-state index in [1.807, 2.05) is 6.92 Å². The highest BCUT2D eigenvalue weighted by Gasteiger charge is 2.20. The number of pyridine rings is 1. The zero-order chi connectivity index (χ0) is 20.3. The number of hydrogen-bond acceptors (Lipinski definition) is 5. The number of nitrogens with two attached hydrogens (primary N) is 1. The molecule has 7 heteroatoms. The van der Waals surface area contributed by atoms with Gasteiger partial charge in [0, 0.05) is 23.9 Å². The van der Waals surface area contributed by atoms with Crippen LogP contribution >= 0.6 is 0 Å². The minimum Gasteiger partial charge on any atom is -0.465 e. The first kappa shape index (κ1) is 19.3. The van der Waals surface area contributed by atoms with Crippen LogP contribution in [0.4, 0.5) is 20.3 Å². The smallest absolute Gasteiger partial charge is 0.341 e. The molecule has 3 N–H and O–H groups in total. The molecule has 0 atom stereocenters. The van der Waals surface area contributed by atoms with Gasteiger partial charge in [0.2, 0.25) is 0 Å². The lowest BCUT2D eigenvalue weighted by Gasteiger charge is -2.13. The summed E-state index contributed by atoms with van der Waals surface area (Å²) in [4.78, 5) is 16.1. The average molecular weight is 383 g/mol. The molecule has 0 fully saturated rings. The fourth-order valence-corrected chi connectivity index (χ4v) is 2.84. The van der Waals surface area contributed by atoms with Crippen molar-refractivity contribution in [3.8, 4) is 11.1 Å². The Morgan fingerprint density at radius 3 is 2.64 bits per heavy atom. The molecule has 0 saturated carbocycles. The highest BCUT2D eigenvalue weighted by molar-refractivity contribution is 5.97. The Kier molecular flexibility index (Phi) is 5.54. The summed E-state index contributed by atoms with van der Waals surface area (Å²) in [6.45, 7) is 2.17. The molecule has 0 radical (unpaired) electrons. The third-order valence-electron chi connectivity index (χ3n) is 4.39. The molecular weight excluding hydrogens is 364 g/mol. The second-order valence-corrected chi connectivity index (χ2v) is 6.21. The Balaban J connectivity index is 1.89. The standard InChI is InChI=1S/C21H19F2N3O2/c1-12-8-9-25-20(19(12)24)26-11-13-6-7-14(17(23)10-13)15-4-3-5-16(22)18(15)21(27)28-2/h3-10H,11,24H2,1-2H3,(H,25,26). The van der Waals surface area contributed by atoms with Gasteiger partial charge < -0.3 is 15.8 Å². The predicted octanol–water partition coefficient (Wildman–Crippen LogP) is 4.32. The molecule has 0 unspecified atom stereocenters. The molecule has 0 aliphatic rings. The lowest BCUT2D eigenvalue weighted by Crippen LogP contribution is -2.08. The number of nitrogens with zero attached hydrogens (tertiary/aromatic N) is 1. The van der Waals surface area contributed by atoms with E-state index in [1.165, 1.54) is 24.3 Å². The summed E-state index contributed by atoms with van der Waals surface area (Å²) in [5, 5.41) is 3.07. The van der Waals surface area contributed by atoms with Crippen LogP contribution in [0.2, 0.25) is 0 Å². The van der Waals surface area contributed by atoms with Crippen LogP contribution in [0.25, 0.3) is 11.1 Å². The lowest BCUT2D eigenvalue weighted by atomic mass is 9.97. The zero-order valence-electron chi connectivity index (χ0n) is 15.4. The SMILES string of the molecule is COC(=O)c1c(F)cccc1-c1ccc(CNc2nccc(C)c2N)cc1F. The number of carbonyl (C=O) groups is 1. The molecule has 0 bridgehead atoms. The second-order valence-electron chi connectivity index (χ2n) is 6.21. The number of hydrogen-bond donors (Lipinski definition) is 2. The van der Waals surface area contributed by atoms with Crippen molar-refractivity contribution >= 4 is 17.5 Å². The number of nitrogens with one attached hydrogen (secondary N) is 1. The lowest BCUT2D eigenvalue weighted by molar-refractivity contribution is 0.0596. The van der Waals surface area contributed by atoms with Gasteiger partial charge in [0.05, 0.1) is 12.8 Å². The van der Waals surface area contributed by atoms with Gasteiger partial charge in [0.25, 0.3) is 0 Å². The van der Waals surface area contributed by atoms with E-state index >= 15 is 0 Å². The van der Waals surface area contributed by atoms with Crippen LogP contribution in [0.15, 0.2) is 48.7 Å². The first-order valence-electron chi connectivity index (χ1n) is 8.53. The Labute approximate surface area is 161 Å². The van der Waals surface area contributed by atoms with Crippen LogP contribution in [0.1, 0.15) is 21.5 Å². The van der Waals surface area contributed by atoms with Crippen molar-refractivity contribution in [2.45, 2.75) is 13.5 Å². The summed E-state index contributed by atoms with van der Waals surface area (Å²) in [6, 6.07) is 10.3. The number of nitrogen functional groups attached to an aromatic ring is 1. The van der Waals surface area contributed by atoms with Crippen LogP contribution in [0.5, 0.6) is 0 Å². The highest BCUT2D eigenvalue weighted by atomic mass is 19.1. The summed E-state index contributed by atoms with van der Waals surface area (Å²) in [7, 11) is 1.15. The summed E-state index contributed by atoms with van der Waals surface area (Å²) in [5.41, 5.74) is 7.97. The first-order chi connectivity index (χ1) is 13.4. The van der Waals surface area contributed by atoms with E-state index < -0.39 is 17.6 Å². The van der Waals surface area contributed by atoms with Gasteiger partial charge in [-0.2, -0.15) is 0 Å². The fourth-order valence-electron chi connectivity index (χ4n) is 2.84. The number of aryl methyl sites for hydroxylation is 1. The van der Waals surface area contributed by atoms with Gasteiger partial charge in [-0.3, -0.25) is 0 Å². The van der Waals surface area contributed by atoms with Gasteiger partial charge in [-0.05, 0) is 36.2 Å². The second kappa shape index (κ2) is 8.04. The molecule has 144 valence electrons. The third-order valence-corrected chi connectivity index (χ3v) is 4.39. The minimum atomic E-state index is -0.862. The Hall–Kier alpha value is -3.48. The molecule has 3 rings (SSSR count). The van der Waals surface area contributed by atoms with Crippen molar-refractivity contribution in [1.29, 1.82) is 0 Å². The van der Waals surface area contributed by atoms with Crippen molar-refractivity contribution in [3.05, 3.63) is 77.0 Å². The van der Waals surface area contributed by atoms with Gasteiger partial charge in [-0.25, -0.2) is 18.6 Å². The maximum Gasteiger partial charge on any atom is 0.341 e. The normalized spacial score (nSPS) is 10.6. The molecule has 1 heterocycles. The van der Waals surface area contributed by atoms with Crippen molar-refractivity contribution in [1.82, 2.24) is 4.98 Å².